The molecule has 0 atom stereocenters. The molecule has 0 bridgehead atoms. The molecule has 0 amide bonds. The van der Waals surface area contributed by atoms with E-state index in [1.165, 1.54) is 0 Å². The van der Waals surface area contributed by atoms with Crippen molar-refractivity contribution < 1.29 is 14.1 Å². The Morgan fingerprint density at radius 1 is 1.09 bits per heavy atom. The Kier molecular flexibility index (Phi) is 4.68. The molecule has 4 nitrogen and oxygen atoms in total. The van der Waals surface area contributed by atoms with Gasteiger partial charge in [0.15, 0.2) is 12.7 Å². The maximum atomic E-state index is 12.2. The lowest BCUT2D eigenvalue weighted by atomic mass is 10.2. The number of hydrogen-bond donors (Lipinski definition) is 1. The van der Waals surface area contributed by atoms with E-state index in [9.17, 15) is 4.79 Å². The number of aromatic nitrogens is 2. The largest absolute Gasteiger partial charge is 0.420 e. The molecule has 0 saturated carbocycles. The summed E-state index contributed by atoms with van der Waals surface area (Å²) in [6, 6.07) is 17.1. The van der Waals surface area contributed by atoms with Crippen molar-refractivity contribution in [2.75, 3.05) is 0 Å². The third-order valence-corrected chi connectivity index (χ3v) is 3.61. The molecule has 0 saturated heterocycles. The van der Waals surface area contributed by atoms with Crippen molar-refractivity contribution in [1.82, 2.24) is 4.98 Å². The fourth-order valence-electron chi connectivity index (χ4n) is 2.13. The van der Waals surface area contributed by atoms with Gasteiger partial charge in [-0.05, 0) is 12.1 Å². The highest BCUT2D eigenvalue weighted by atomic mass is 32.1. The molecule has 1 aromatic heterocycles. The number of ether oxygens (including phenoxy) is 1. The van der Waals surface area contributed by atoms with Crippen LogP contribution in [0, 0.1) is 0 Å². The molecule has 0 radical (unpaired) electrons. The highest BCUT2D eigenvalue weighted by molar-refractivity contribution is 7.80. The SMILES string of the molecule is O=C(Oc1ccccc1S)c1c[n+](Cc2ccccc2)ccn1. The Labute approximate surface area is 139 Å². The van der Waals surface area contributed by atoms with Crippen LogP contribution < -0.4 is 9.30 Å². The lowest BCUT2D eigenvalue weighted by Gasteiger charge is -2.05. The van der Waals surface area contributed by atoms with E-state index in [-0.39, 0.29) is 5.69 Å². The average molecular weight is 323 g/mol. The maximum Gasteiger partial charge on any atom is 0.368 e. The standard InChI is InChI=1S/C18H14N2O2S/c21-18(22-16-8-4-5-9-17(16)23)15-13-20(11-10-19-15)12-14-6-2-1-3-7-14/h1-11,13H,12H2/p+1. The molecule has 0 aliphatic heterocycles. The molecule has 0 fully saturated rings. The molecule has 0 aliphatic rings. The zero-order valence-electron chi connectivity index (χ0n) is 12.3. The van der Waals surface area contributed by atoms with Gasteiger partial charge in [-0.3, -0.25) is 0 Å². The van der Waals surface area contributed by atoms with E-state index in [1.54, 1.807) is 30.6 Å². The van der Waals surface area contributed by atoms with Crippen molar-refractivity contribution in [2.24, 2.45) is 0 Å². The lowest BCUT2D eigenvalue weighted by Crippen LogP contribution is -2.35. The molecule has 5 heteroatoms. The fraction of sp³-hybridized carbons (Fsp3) is 0.0556. The topological polar surface area (TPSA) is 43.1 Å². The van der Waals surface area contributed by atoms with Crippen molar-refractivity contribution >= 4 is 18.6 Å². The second-order valence-electron chi connectivity index (χ2n) is 4.96. The molecule has 0 spiro atoms. The van der Waals surface area contributed by atoms with Gasteiger partial charge in [0.2, 0.25) is 11.9 Å². The fourth-order valence-corrected chi connectivity index (χ4v) is 2.33. The Morgan fingerprint density at radius 3 is 2.61 bits per heavy atom. The number of hydrogen-bond acceptors (Lipinski definition) is 4. The van der Waals surface area contributed by atoms with Crippen LogP contribution in [0.25, 0.3) is 0 Å². The van der Waals surface area contributed by atoms with Crippen molar-refractivity contribution in [3.05, 3.63) is 84.4 Å². The third kappa shape index (κ3) is 3.96. The van der Waals surface area contributed by atoms with E-state index >= 15 is 0 Å². The van der Waals surface area contributed by atoms with Crippen LogP contribution in [0.3, 0.4) is 0 Å². The highest BCUT2D eigenvalue weighted by Gasteiger charge is 2.16. The van der Waals surface area contributed by atoms with E-state index in [0.717, 1.165) is 5.56 Å². The lowest BCUT2D eigenvalue weighted by molar-refractivity contribution is -0.689. The van der Waals surface area contributed by atoms with Crippen LogP contribution >= 0.6 is 12.6 Å². The minimum absolute atomic E-state index is 0.250. The summed E-state index contributed by atoms with van der Waals surface area (Å²) in [5, 5.41) is 0. The Bertz CT molecular complexity index is 822. The van der Waals surface area contributed by atoms with Crippen LogP contribution in [0.2, 0.25) is 0 Å². The predicted molar refractivity (Wildman–Crippen MR) is 88.6 cm³/mol. The van der Waals surface area contributed by atoms with Gasteiger partial charge in [0, 0.05) is 10.5 Å². The minimum Gasteiger partial charge on any atom is -0.420 e. The Hall–Kier alpha value is -2.66. The quantitative estimate of drug-likeness (QED) is 0.347. The van der Waals surface area contributed by atoms with E-state index in [0.29, 0.717) is 17.2 Å². The van der Waals surface area contributed by atoms with Crippen molar-refractivity contribution in [1.29, 1.82) is 0 Å². The molecule has 23 heavy (non-hydrogen) atoms. The smallest absolute Gasteiger partial charge is 0.368 e. The summed E-state index contributed by atoms with van der Waals surface area (Å²) in [6.07, 6.45) is 5.08. The van der Waals surface area contributed by atoms with E-state index in [1.807, 2.05) is 47.2 Å². The molecular weight excluding hydrogens is 308 g/mol. The molecule has 114 valence electrons. The second kappa shape index (κ2) is 7.07. The van der Waals surface area contributed by atoms with Crippen LogP contribution in [0.1, 0.15) is 16.1 Å². The maximum absolute atomic E-state index is 12.2. The summed E-state index contributed by atoms with van der Waals surface area (Å²) >= 11 is 4.27. The summed E-state index contributed by atoms with van der Waals surface area (Å²) in [7, 11) is 0. The number of benzene rings is 2. The first-order chi connectivity index (χ1) is 11.2. The summed E-state index contributed by atoms with van der Waals surface area (Å²) in [6.45, 7) is 0.660. The summed E-state index contributed by atoms with van der Waals surface area (Å²) < 4.78 is 7.24. The van der Waals surface area contributed by atoms with Crippen LogP contribution in [-0.4, -0.2) is 11.0 Å². The van der Waals surface area contributed by atoms with Crippen molar-refractivity contribution in [2.45, 2.75) is 11.4 Å². The molecule has 3 aromatic rings. The van der Waals surface area contributed by atoms with Gasteiger partial charge in [-0.2, -0.15) is 4.57 Å². The Morgan fingerprint density at radius 2 is 1.83 bits per heavy atom. The van der Waals surface area contributed by atoms with Gasteiger partial charge < -0.3 is 4.74 Å². The molecule has 2 aromatic carbocycles. The van der Waals surface area contributed by atoms with Gasteiger partial charge in [-0.25, -0.2) is 9.78 Å². The first-order valence-corrected chi connectivity index (χ1v) is 7.56. The van der Waals surface area contributed by atoms with Crippen LogP contribution in [0.4, 0.5) is 0 Å². The number of nitrogens with zero attached hydrogens (tertiary/aromatic N) is 2. The third-order valence-electron chi connectivity index (χ3n) is 3.24. The van der Waals surface area contributed by atoms with Crippen molar-refractivity contribution in [3.63, 3.8) is 0 Å². The summed E-state index contributed by atoms with van der Waals surface area (Å²) in [5.41, 5.74) is 1.39. The number of para-hydroxylation sites is 1. The second-order valence-corrected chi connectivity index (χ2v) is 5.44. The number of esters is 1. The van der Waals surface area contributed by atoms with Crippen LogP contribution in [0.5, 0.6) is 5.75 Å². The predicted octanol–water partition coefficient (Wildman–Crippen LogP) is 2.93. The molecule has 0 unspecified atom stereocenters. The van der Waals surface area contributed by atoms with Crippen LogP contribution in [0.15, 0.2) is 78.1 Å². The Balaban J connectivity index is 1.77. The number of rotatable bonds is 4. The van der Waals surface area contributed by atoms with Gasteiger partial charge >= 0.3 is 5.97 Å². The van der Waals surface area contributed by atoms with Gasteiger partial charge in [-0.1, -0.05) is 42.5 Å². The van der Waals surface area contributed by atoms with Crippen LogP contribution in [-0.2, 0) is 6.54 Å². The van der Waals surface area contributed by atoms with Gasteiger partial charge in [0.25, 0.3) is 0 Å². The molecule has 1 heterocycles. The molecule has 0 aliphatic carbocycles. The molecule has 3 rings (SSSR count). The van der Waals surface area contributed by atoms with E-state index < -0.39 is 5.97 Å². The average Bonchev–Trinajstić information content (AvgIpc) is 2.58. The normalized spacial score (nSPS) is 10.3. The summed E-state index contributed by atoms with van der Waals surface area (Å²) in [4.78, 5) is 16.9. The zero-order valence-corrected chi connectivity index (χ0v) is 13.2. The summed E-state index contributed by atoms with van der Waals surface area (Å²) in [5.74, 6) is -0.0880. The first kappa shape index (κ1) is 15.2. The monoisotopic (exact) mass is 323 g/mol. The van der Waals surface area contributed by atoms with E-state index in [2.05, 4.69) is 17.6 Å². The minimum atomic E-state index is -0.506. The van der Waals surface area contributed by atoms with Gasteiger partial charge in [-0.15, -0.1) is 12.6 Å². The molecular formula is C18H15N2O2S+. The number of thiol groups is 1. The van der Waals surface area contributed by atoms with Crippen molar-refractivity contribution in [3.8, 4) is 5.75 Å². The van der Waals surface area contributed by atoms with Gasteiger partial charge in [0.05, 0.1) is 6.20 Å². The molecule has 0 N–H and O–H groups in total. The zero-order chi connectivity index (χ0) is 16.1. The highest BCUT2D eigenvalue weighted by Crippen LogP contribution is 2.21. The number of carbonyl (C=O) groups excluding carboxylic acids is 1. The van der Waals surface area contributed by atoms with Gasteiger partial charge in [0.1, 0.15) is 5.75 Å². The van der Waals surface area contributed by atoms with E-state index in [4.69, 9.17) is 4.74 Å². The first-order valence-electron chi connectivity index (χ1n) is 7.11. The number of carbonyl (C=O) groups is 1.